The van der Waals surface area contributed by atoms with Gasteiger partial charge in [-0.1, -0.05) is 23.7 Å². The molecule has 0 aromatic heterocycles. The molecule has 0 aliphatic carbocycles. The first kappa shape index (κ1) is 23.3. The largest absolute Gasteiger partial charge is 0.324 e. The number of carbonyl (C=O) groups is 2. The van der Waals surface area contributed by atoms with Crippen molar-refractivity contribution in [1.82, 2.24) is 9.21 Å². The predicted molar refractivity (Wildman–Crippen MR) is 116 cm³/mol. The number of amides is 1. The Kier molecular flexibility index (Phi) is 7.10. The second kappa shape index (κ2) is 9.44. The van der Waals surface area contributed by atoms with Crippen molar-refractivity contribution < 1.29 is 22.4 Å². The van der Waals surface area contributed by atoms with E-state index in [-0.39, 0.29) is 34.7 Å². The minimum absolute atomic E-state index is 0.0704. The van der Waals surface area contributed by atoms with Crippen molar-refractivity contribution in [2.45, 2.75) is 24.8 Å². The second-order valence-electron chi connectivity index (χ2n) is 7.28. The fraction of sp³-hybridized carbons (Fsp3) is 0.333. The Balaban J connectivity index is 1.64. The molecular formula is C21H23ClFN3O4S. The molecule has 1 fully saturated rings. The maximum atomic E-state index is 13.4. The van der Waals surface area contributed by atoms with Gasteiger partial charge >= 0.3 is 0 Å². The topological polar surface area (TPSA) is 86.8 Å². The molecule has 1 aliphatic rings. The van der Waals surface area contributed by atoms with Crippen molar-refractivity contribution in [3.63, 3.8) is 0 Å². The number of Topliss-reactive ketones (excluding diaryl/α,β-unsaturated/α-hetero) is 1. The first-order valence-electron chi connectivity index (χ1n) is 9.71. The number of nitrogens with zero attached hydrogens (tertiary/aromatic N) is 2. The highest BCUT2D eigenvalue weighted by atomic mass is 35.5. The number of nitrogens with one attached hydrogen (secondary N) is 1. The van der Waals surface area contributed by atoms with Gasteiger partial charge < -0.3 is 5.32 Å². The van der Waals surface area contributed by atoms with Crippen LogP contribution in [0.25, 0.3) is 0 Å². The van der Waals surface area contributed by atoms with E-state index in [1.54, 1.807) is 31.2 Å². The lowest BCUT2D eigenvalue weighted by Gasteiger charge is -2.36. The van der Waals surface area contributed by atoms with Crippen LogP contribution in [0.5, 0.6) is 0 Å². The molecule has 1 N–H and O–H groups in total. The fourth-order valence-corrected chi connectivity index (χ4v) is 5.11. The van der Waals surface area contributed by atoms with E-state index in [4.69, 9.17) is 11.6 Å². The Hall–Kier alpha value is -2.33. The van der Waals surface area contributed by atoms with E-state index in [9.17, 15) is 22.4 Å². The van der Waals surface area contributed by atoms with E-state index in [0.29, 0.717) is 24.3 Å². The molecule has 0 bridgehead atoms. The van der Waals surface area contributed by atoms with Gasteiger partial charge in [0.15, 0.2) is 5.78 Å². The molecule has 10 heteroatoms. The van der Waals surface area contributed by atoms with Crippen LogP contribution in [0, 0.1) is 5.82 Å². The number of sulfonamides is 1. The number of para-hydroxylation sites is 1. The summed E-state index contributed by atoms with van der Waals surface area (Å²) in [6, 6.07) is 9.56. The highest BCUT2D eigenvalue weighted by molar-refractivity contribution is 7.89. The summed E-state index contributed by atoms with van der Waals surface area (Å²) < 4.78 is 40.3. The van der Waals surface area contributed by atoms with Crippen molar-refractivity contribution in [2.75, 3.05) is 31.5 Å². The quantitative estimate of drug-likeness (QED) is 0.660. The number of hydrogen-bond acceptors (Lipinski definition) is 5. The summed E-state index contributed by atoms with van der Waals surface area (Å²) in [4.78, 5) is 26.3. The number of carbonyl (C=O) groups excluding carboxylic acids is 2. The van der Waals surface area contributed by atoms with Crippen molar-refractivity contribution in [2.24, 2.45) is 0 Å². The molecule has 2 aromatic rings. The molecule has 3 rings (SSSR count). The van der Waals surface area contributed by atoms with Crippen LogP contribution in [0.15, 0.2) is 47.4 Å². The summed E-state index contributed by atoms with van der Waals surface area (Å²) in [7, 11) is -3.82. The molecule has 1 aliphatic heterocycles. The third-order valence-corrected chi connectivity index (χ3v) is 7.48. The van der Waals surface area contributed by atoms with E-state index in [1.807, 2.05) is 4.90 Å². The van der Waals surface area contributed by atoms with Crippen LogP contribution in [0.3, 0.4) is 0 Å². The average Bonchev–Trinajstić information content (AvgIpc) is 2.75. The summed E-state index contributed by atoms with van der Waals surface area (Å²) in [5.41, 5.74) is 0.873. The maximum absolute atomic E-state index is 13.4. The zero-order chi connectivity index (χ0) is 22.8. The van der Waals surface area contributed by atoms with Gasteiger partial charge in [-0.3, -0.25) is 14.5 Å². The molecule has 166 valence electrons. The number of hydrogen-bond donors (Lipinski definition) is 1. The molecule has 1 unspecified atom stereocenters. The van der Waals surface area contributed by atoms with Crippen molar-refractivity contribution in [3.05, 3.63) is 58.9 Å². The summed E-state index contributed by atoms with van der Waals surface area (Å²) in [6.45, 7) is 4.21. The van der Waals surface area contributed by atoms with Crippen molar-refractivity contribution in [3.8, 4) is 0 Å². The average molecular weight is 468 g/mol. The molecule has 31 heavy (non-hydrogen) atoms. The molecule has 0 radical (unpaired) electrons. The van der Waals surface area contributed by atoms with Gasteiger partial charge in [0.05, 0.1) is 21.6 Å². The number of anilines is 1. The van der Waals surface area contributed by atoms with Gasteiger partial charge in [0.2, 0.25) is 15.9 Å². The third kappa shape index (κ3) is 5.12. The highest BCUT2D eigenvalue weighted by Crippen LogP contribution is 2.24. The van der Waals surface area contributed by atoms with Crippen LogP contribution in [-0.2, 0) is 14.8 Å². The summed E-state index contributed by atoms with van der Waals surface area (Å²) in [5.74, 6) is -1.12. The summed E-state index contributed by atoms with van der Waals surface area (Å²) in [5, 5.41) is 2.53. The first-order valence-corrected chi connectivity index (χ1v) is 11.5. The number of halogens is 2. The molecule has 0 spiro atoms. The second-order valence-corrected chi connectivity index (χ2v) is 9.63. The Bertz CT molecular complexity index is 1100. The lowest BCUT2D eigenvalue weighted by atomic mass is 10.1. The molecule has 1 heterocycles. The van der Waals surface area contributed by atoms with Gasteiger partial charge in [0, 0.05) is 31.7 Å². The van der Waals surface area contributed by atoms with E-state index < -0.39 is 21.9 Å². The van der Waals surface area contributed by atoms with E-state index in [0.717, 1.165) is 12.1 Å². The van der Waals surface area contributed by atoms with Gasteiger partial charge in [0.1, 0.15) is 5.82 Å². The molecular weight excluding hydrogens is 445 g/mol. The van der Waals surface area contributed by atoms with Gasteiger partial charge in [0.25, 0.3) is 0 Å². The molecule has 2 aromatic carbocycles. The van der Waals surface area contributed by atoms with Crippen LogP contribution in [0.2, 0.25) is 5.02 Å². The zero-order valence-corrected chi connectivity index (χ0v) is 18.7. The lowest BCUT2D eigenvalue weighted by Crippen LogP contribution is -2.53. The molecule has 1 amide bonds. The fourth-order valence-electron chi connectivity index (χ4n) is 3.42. The standard InChI is InChI=1S/C21H23ClFN3O4S/c1-14(21(28)24-20-6-4-3-5-17(20)15(2)27)25-9-11-26(12-10-25)31(29,30)16-7-8-19(23)18(22)13-16/h3-8,13-14H,9-12H2,1-2H3,(H,24,28). The minimum atomic E-state index is -3.82. The Morgan fingerprint density at radius 2 is 1.74 bits per heavy atom. The van der Waals surface area contributed by atoms with Crippen molar-refractivity contribution in [1.29, 1.82) is 0 Å². The van der Waals surface area contributed by atoms with E-state index in [1.165, 1.54) is 17.3 Å². The number of ketones is 1. The Labute approximate surface area is 185 Å². The molecule has 0 saturated carbocycles. The SMILES string of the molecule is CC(=O)c1ccccc1NC(=O)C(C)N1CCN(S(=O)(=O)c2ccc(F)c(Cl)c2)CC1. The molecule has 1 saturated heterocycles. The predicted octanol–water partition coefficient (Wildman–Crippen LogP) is 3.02. The maximum Gasteiger partial charge on any atom is 0.243 e. The van der Waals surface area contributed by atoms with Crippen LogP contribution >= 0.6 is 11.6 Å². The van der Waals surface area contributed by atoms with Crippen LogP contribution in [0.1, 0.15) is 24.2 Å². The number of rotatable bonds is 6. The van der Waals surface area contributed by atoms with Crippen LogP contribution < -0.4 is 5.32 Å². The number of benzene rings is 2. The third-order valence-electron chi connectivity index (χ3n) is 5.29. The Morgan fingerprint density at radius 1 is 1.10 bits per heavy atom. The first-order chi connectivity index (χ1) is 14.6. The van der Waals surface area contributed by atoms with Gasteiger partial charge in [-0.05, 0) is 44.2 Å². The van der Waals surface area contributed by atoms with Crippen molar-refractivity contribution >= 4 is 39.0 Å². The van der Waals surface area contributed by atoms with Gasteiger partial charge in [-0.2, -0.15) is 4.31 Å². The smallest absolute Gasteiger partial charge is 0.243 e. The van der Waals surface area contributed by atoms with Gasteiger partial charge in [-0.15, -0.1) is 0 Å². The minimum Gasteiger partial charge on any atom is -0.324 e. The van der Waals surface area contributed by atoms with Crippen LogP contribution in [-0.4, -0.2) is 61.5 Å². The van der Waals surface area contributed by atoms with Crippen LogP contribution in [0.4, 0.5) is 10.1 Å². The Morgan fingerprint density at radius 3 is 2.35 bits per heavy atom. The number of piperazine rings is 1. The molecule has 1 atom stereocenters. The lowest BCUT2D eigenvalue weighted by molar-refractivity contribution is -0.121. The van der Waals surface area contributed by atoms with E-state index >= 15 is 0 Å². The zero-order valence-electron chi connectivity index (χ0n) is 17.1. The van der Waals surface area contributed by atoms with Gasteiger partial charge in [-0.25, -0.2) is 12.8 Å². The summed E-state index contributed by atoms with van der Waals surface area (Å²) in [6.07, 6.45) is 0. The summed E-state index contributed by atoms with van der Waals surface area (Å²) >= 11 is 5.72. The van der Waals surface area contributed by atoms with E-state index in [2.05, 4.69) is 5.32 Å². The molecule has 7 nitrogen and oxygen atoms in total. The monoisotopic (exact) mass is 467 g/mol. The highest BCUT2D eigenvalue weighted by Gasteiger charge is 2.32. The normalized spacial score (nSPS) is 16.6.